The number of carbonyl (C=O) groups is 1. The van der Waals surface area contributed by atoms with Gasteiger partial charge >= 0.3 is 0 Å². The topological polar surface area (TPSA) is 32.3 Å². The van der Waals surface area contributed by atoms with Crippen LogP contribution in [-0.2, 0) is 4.79 Å². The van der Waals surface area contributed by atoms with Crippen LogP contribution in [0, 0.1) is 0 Å². The second kappa shape index (κ2) is 4.96. The summed E-state index contributed by atoms with van der Waals surface area (Å²) in [5.41, 5.74) is 1.87. The highest BCUT2D eigenvalue weighted by molar-refractivity contribution is 6.31. The molecule has 1 aromatic carbocycles. The highest BCUT2D eigenvalue weighted by Gasteiger charge is 2.19. The molecule has 0 aliphatic carbocycles. The molecule has 2 rings (SSSR count). The van der Waals surface area contributed by atoms with Crippen LogP contribution in [0.15, 0.2) is 18.2 Å². The van der Waals surface area contributed by atoms with Crippen LogP contribution >= 0.6 is 11.6 Å². The average molecular weight is 253 g/mol. The number of halogens is 1. The minimum Gasteiger partial charge on any atom is -0.367 e. The van der Waals surface area contributed by atoms with Gasteiger partial charge in [0, 0.05) is 24.0 Å². The molecule has 3 nitrogen and oxygen atoms in total. The van der Waals surface area contributed by atoms with Gasteiger partial charge in [0.1, 0.15) is 0 Å². The van der Waals surface area contributed by atoms with E-state index in [1.54, 1.807) is 0 Å². The normalized spacial score (nSPS) is 16.2. The van der Waals surface area contributed by atoms with Gasteiger partial charge in [0.05, 0.1) is 11.4 Å². The lowest BCUT2D eigenvalue weighted by Crippen LogP contribution is -2.34. The number of hydrogen-bond donors (Lipinski definition) is 1. The molecule has 1 N–H and O–H groups in total. The predicted molar refractivity (Wildman–Crippen MR) is 71.8 cm³/mol. The third-order valence-electron chi connectivity index (χ3n) is 2.97. The fourth-order valence-electron chi connectivity index (χ4n) is 2.14. The molecule has 1 aliphatic heterocycles. The maximum absolute atomic E-state index is 11.6. The van der Waals surface area contributed by atoms with Gasteiger partial charge in [-0.15, -0.1) is 0 Å². The van der Waals surface area contributed by atoms with Gasteiger partial charge in [0.25, 0.3) is 0 Å². The van der Waals surface area contributed by atoms with Gasteiger partial charge in [0.2, 0.25) is 5.91 Å². The van der Waals surface area contributed by atoms with Crippen LogP contribution in [0.2, 0.25) is 5.02 Å². The summed E-state index contributed by atoms with van der Waals surface area (Å²) in [6.07, 6.45) is 1.45. The molecule has 17 heavy (non-hydrogen) atoms. The van der Waals surface area contributed by atoms with Crippen molar-refractivity contribution >= 4 is 28.9 Å². The highest BCUT2D eigenvalue weighted by atomic mass is 35.5. The zero-order valence-electron chi connectivity index (χ0n) is 10.2. The summed E-state index contributed by atoms with van der Waals surface area (Å²) in [5, 5.41) is 3.57. The van der Waals surface area contributed by atoms with Gasteiger partial charge in [-0.05, 0) is 38.5 Å². The SMILES string of the molecule is CC(C)N1CCCC(=O)Nc2cc(Cl)ccc21. The number of amides is 1. The molecule has 1 amide bonds. The molecule has 4 heteroatoms. The van der Waals surface area contributed by atoms with E-state index in [9.17, 15) is 4.79 Å². The van der Waals surface area contributed by atoms with E-state index < -0.39 is 0 Å². The highest BCUT2D eigenvalue weighted by Crippen LogP contribution is 2.32. The molecular weight excluding hydrogens is 236 g/mol. The lowest BCUT2D eigenvalue weighted by Gasteiger charge is -2.32. The van der Waals surface area contributed by atoms with E-state index >= 15 is 0 Å². The molecule has 1 aliphatic rings. The van der Waals surface area contributed by atoms with Gasteiger partial charge in [-0.1, -0.05) is 11.6 Å². The lowest BCUT2D eigenvalue weighted by molar-refractivity contribution is -0.116. The van der Waals surface area contributed by atoms with Crippen molar-refractivity contribution in [2.75, 3.05) is 16.8 Å². The standard InChI is InChI=1S/C13H17ClN2O/c1-9(2)16-7-3-4-13(17)15-11-8-10(14)5-6-12(11)16/h5-6,8-9H,3-4,7H2,1-2H3,(H,15,17). The lowest BCUT2D eigenvalue weighted by atomic mass is 10.1. The van der Waals surface area contributed by atoms with E-state index in [0.29, 0.717) is 17.5 Å². The van der Waals surface area contributed by atoms with E-state index in [1.165, 1.54) is 0 Å². The first-order chi connectivity index (χ1) is 8.08. The Morgan fingerprint density at radius 3 is 2.88 bits per heavy atom. The quantitative estimate of drug-likeness (QED) is 0.832. The second-order valence-electron chi connectivity index (χ2n) is 4.60. The molecule has 1 heterocycles. The van der Waals surface area contributed by atoms with Crippen molar-refractivity contribution < 1.29 is 4.79 Å². The van der Waals surface area contributed by atoms with Crippen LogP contribution in [-0.4, -0.2) is 18.5 Å². The molecule has 0 atom stereocenters. The van der Waals surface area contributed by atoms with Crippen molar-refractivity contribution in [3.05, 3.63) is 23.2 Å². The summed E-state index contributed by atoms with van der Waals surface area (Å²) in [6.45, 7) is 5.21. The number of rotatable bonds is 1. The summed E-state index contributed by atoms with van der Waals surface area (Å²) >= 11 is 5.98. The van der Waals surface area contributed by atoms with Crippen LogP contribution in [0.4, 0.5) is 11.4 Å². The summed E-state index contributed by atoms with van der Waals surface area (Å²) in [6, 6.07) is 6.06. The second-order valence-corrected chi connectivity index (χ2v) is 5.04. The first kappa shape index (κ1) is 12.2. The van der Waals surface area contributed by atoms with Gasteiger partial charge < -0.3 is 10.2 Å². The van der Waals surface area contributed by atoms with Crippen molar-refractivity contribution in [1.29, 1.82) is 0 Å². The Kier molecular flexibility index (Phi) is 3.57. The number of benzene rings is 1. The molecule has 0 bridgehead atoms. The van der Waals surface area contributed by atoms with Gasteiger partial charge in [-0.25, -0.2) is 0 Å². The van der Waals surface area contributed by atoms with E-state index in [0.717, 1.165) is 24.3 Å². The zero-order valence-corrected chi connectivity index (χ0v) is 10.9. The number of anilines is 2. The maximum Gasteiger partial charge on any atom is 0.224 e. The molecule has 0 spiro atoms. The Bertz CT molecular complexity index is 431. The van der Waals surface area contributed by atoms with Crippen molar-refractivity contribution in [2.24, 2.45) is 0 Å². The Morgan fingerprint density at radius 1 is 1.41 bits per heavy atom. The monoisotopic (exact) mass is 252 g/mol. The molecule has 0 saturated carbocycles. The van der Waals surface area contributed by atoms with Gasteiger partial charge in [-0.2, -0.15) is 0 Å². The van der Waals surface area contributed by atoms with Crippen LogP contribution in [0.5, 0.6) is 0 Å². The molecule has 0 fully saturated rings. The van der Waals surface area contributed by atoms with Crippen molar-refractivity contribution in [3.63, 3.8) is 0 Å². The number of carbonyl (C=O) groups excluding carboxylic acids is 1. The summed E-state index contributed by atoms with van der Waals surface area (Å²) < 4.78 is 0. The Morgan fingerprint density at radius 2 is 2.18 bits per heavy atom. The molecular formula is C13H17ClN2O. The van der Waals surface area contributed by atoms with E-state index in [4.69, 9.17) is 11.6 Å². The zero-order chi connectivity index (χ0) is 12.4. The fourth-order valence-corrected chi connectivity index (χ4v) is 2.31. The first-order valence-electron chi connectivity index (χ1n) is 5.94. The van der Waals surface area contributed by atoms with Crippen LogP contribution in [0.25, 0.3) is 0 Å². The predicted octanol–water partition coefficient (Wildman–Crippen LogP) is 3.29. The molecule has 0 saturated heterocycles. The van der Waals surface area contributed by atoms with E-state index in [-0.39, 0.29) is 5.91 Å². The summed E-state index contributed by atoms with van der Waals surface area (Å²) in [7, 11) is 0. The number of nitrogens with zero attached hydrogens (tertiary/aromatic N) is 1. The smallest absolute Gasteiger partial charge is 0.224 e. The summed E-state index contributed by atoms with van der Waals surface area (Å²) in [4.78, 5) is 13.9. The molecule has 0 aromatic heterocycles. The van der Waals surface area contributed by atoms with Gasteiger partial charge in [0.15, 0.2) is 0 Å². The van der Waals surface area contributed by atoms with E-state index in [2.05, 4.69) is 24.1 Å². The fraction of sp³-hybridized carbons (Fsp3) is 0.462. The maximum atomic E-state index is 11.6. The number of nitrogens with one attached hydrogen (secondary N) is 1. The molecule has 1 aromatic rings. The number of hydrogen-bond acceptors (Lipinski definition) is 2. The minimum absolute atomic E-state index is 0.0666. The first-order valence-corrected chi connectivity index (χ1v) is 6.32. The molecule has 0 radical (unpaired) electrons. The largest absolute Gasteiger partial charge is 0.367 e. The summed E-state index contributed by atoms with van der Waals surface area (Å²) in [5.74, 6) is 0.0666. The van der Waals surface area contributed by atoms with Crippen LogP contribution in [0.1, 0.15) is 26.7 Å². The molecule has 92 valence electrons. The molecule has 0 unspecified atom stereocenters. The Hall–Kier alpha value is -1.22. The third kappa shape index (κ3) is 2.72. The Labute approximate surface area is 107 Å². The number of fused-ring (bicyclic) bond motifs is 1. The van der Waals surface area contributed by atoms with Crippen molar-refractivity contribution in [2.45, 2.75) is 32.7 Å². The minimum atomic E-state index is 0.0666. The third-order valence-corrected chi connectivity index (χ3v) is 3.20. The van der Waals surface area contributed by atoms with Crippen molar-refractivity contribution in [1.82, 2.24) is 0 Å². The van der Waals surface area contributed by atoms with Crippen LogP contribution in [0.3, 0.4) is 0 Å². The van der Waals surface area contributed by atoms with Crippen molar-refractivity contribution in [3.8, 4) is 0 Å². The van der Waals surface area contributed by atoms with Crippen LogP contribution < -0.4 is 10.2 Å². The Balaban J connectivity index is 2.44. The van der Waals surface area contributed by atoms with Gasteiger partial charge in [-0.3, -0.25) is 4.79 Å². The van der Waals surface area contributed by atoms with E-state index in [1.807, 2.05) is 18.2 Å². The average Bonchev–Trinajstić information content (AvgIpc) is 2.22.